The van der Waals surface area contributed by atoms with Crippen LogP contribution in [-0.2, 0) is 0 Å². The lowest BCUT2D eigenvalue weighted by atomic mass is 9.66. The van der Waals surface area contributed by atoms with Crippen LogP contribution in [0.3, 0.4) is 0 Å². The fourth-order valence-corrected chi connectivity index (χ4v) is 2.50. The molecule has 1 heteroatoms. The van der Waals surface area contributed by atoms with E-state index in [1.165, 1.54) is 6.21 Å². The molecule has 0 amide bonds. The third-order valence-corrected chi connectivity index (χ3v) is 3.35. The summed E-state index contributed by atoms with van der Waals surface area (Å²) in [4.78, 5) is 0. The van der Waals surface area contributed by atoms with Gasteiger partial charge in [-0.05, 0) is 49.7 Å². The standard InChI is InChI=1S/C16H25N/c1-5-11-16(12-6-2,13-7-3)15(8-4)10-9-14-17/h5-8,14-15,17H,1-4,9-13H2. The third kappa shape index (κ3) is 4.56. The van der Waals surface area contributed by atoms with Gasteiger partial charge in [0.25, 0.3) is 0 Å². The summed E-state index contributed by atoms with van der Waals surface area (Å²) in [7, 11) is 0. The number of rotatable bonds is 11. The quantitative estimate of drug-likeness (QED) is 0.385. The summed E-state index contributed by atoms with van der Waals surface area (Å²) in [5, 5.41) is 7.16. The molecule has 0 saturated carbocycles. The van der Waals surface area contributed by atoms with Crippen molar-refractivity contribution in [3.63, 3.8) is 0 Å². The van der Waals surface area contributed by atoms with Crippen molar-refractivity contribution in [1.29, 1.82) is 5.41 Å². The first-order valence-corrected chi connectivity index (χ1v) is 6.15. The van der Waals surface area contributed by atoms with Crippen molar-refractivity contribution < 1.29 is 0 Å². The maximum atomic E-state index is 7.16. The van der Waals surface area contributed by atoms with Crippen LogP contribution >= 0.6 is 0 Å². The number of hydrogen-bond donors (Lipinski definition) is 1. The van der Waals surface area contributed by atoms with Crippen molar-refractivity contribution in [1.82, 2.24) is 0 Å². The fourth-order valence-electron chi connectivity index (χ4n) is 2.50. The lowest BCUT2D eigenvalue weighted by Gasteiger charge is -2.38. The largest absolute Gasteiger partial charge is 0.313 e. The predicted octanol–water partition coefficient (Wildman–Crippen LogP) is 4.93. The molecule has 0 aromatic heterocycles. The molecule has 0 heterocycles. The van der Waals surface area contributed by atoms with Crippen molar-refractivity contribution in [3.8, 4) is 0 Å². The maximum absolute atomic E-state index is 7.16. The van der Waals surface area contributed by atoms with Gasteiger partial charge in [-0.2, -0.15) is 0 Å². The maximum Gasteiger partial charge on any atom is -0.00475 e. The van der Waals surface area contributed by atoms with E-state index in [-0.39, 0.29) is 5.41 Å². The van der Waals surface area contributed by atoms with Crippen LogP contribution in [-0.4, -0.2) is 6.21 Å². The molecule has 1 N–H and O–H groups in total. The summed E-state index contributed by atoms with van der Waals surface area (Å²) in [6, 6.07) is 0. The van der Waals surface area contributed by atoms with Crippen molar-refractivity contribution >= 4 is 6.21 Å². The smallest absolute Gasteiger partial charge is 0.00475 e. The van der Waals surface area contributed by atoms with Gasteiger partial charge in [-0.1, -0.05) is 24.3 Å². The molecular formula is C16H25N. The Morgan fingerprint density at radius 3 is 1.71 bits per heavy atom. The predicted molar refractivity (Wildman–Crippen MR) is 78.6 cm³/mol. The minimum atomic E-state index is 0.0933. The summed E-state index contributed by atoms with van der Waals surface area (Å²) >= 11 is 0. The minimum absolute atomic E-state index is 0.0933. The zero-order valence-corrected chi connectivity index (χ0v) is 10.8. The molecule has 0 rings (SSSR count). The molecule has 0 saturated heterocycles. The van der Waals surface area contributed by atoms with Crippen LogP contribution in [0.4, 0.5) is 0 Å². The Hall–Kier alpha value is -1.37. The van der Waals surface area contributed by atoms with Gasteiger partial charge in [-0.25, -0.2) is 0 Å². The fraction of sp³-hybridized carbons (Fsp3) is 0.438. The molecule has 17 heavy (non-hydrogen) atoms. The molecule has 0 aromatic rings. The third-order valence-electron chi connectivity index (χ3n) is 3.35. The van der Waals surface area contributed by atoms with Crippen molar-refractivity contribution in [3.05, 3.63) is 50.6 Å². The molecule has 0 spiro atoms. The van der Waals surface area contributed by atoms with Gasteiger partial charge in [0.15, 0.2) is 0 Å². The summed E-state index contributed by atoms with van der Waals surface area (Å²) in [5.41, 5.74) is 0.0933. The van der Waals surface area contributed by atoms with Gasteiger partial charge in [-0.3, -0.25) is 0 Å². The first-order chi connectivity index (χ1) is 8.20. The summed E-state index contributed by atoms with van der Waals surface area (Å²) < 4.78 is 0. The van der Waals surface area contributed by atoms with E-state index in [9.17, 15) is 0 Å². The van der Waals surface area contributed by atoms with Crippen LogP contribution in [0.15, 0.2) is 50.6 Å². The second kappa shape index (κ2) is 8.74. The Morgan fingerprint density at radius 2 is 1.41 bits per heavy atom. The van der Waals surface area contributed by atoms with Crippen LogP contribution in [0, 0.1) is 16.7 Å². The highest BCUT2D eigenvalue weighted by molar-refractivity contribution is 5.52. The van der Waals surface area contributed by atoms with Crippen molar-refractivity contribution in [2.24, 2.45) is 11.3 Å². The van der Waals surface area contributed by atoms with Crippen LogP contribution in [0.5, 0.6) is 0 Å². The number of allylic oxidation sites excluding steroid dienone is 4. The molecule has 0 aliphatic carbocycles. The van der Waals surface area contributed by atoms with Crippen LogP contribution < -0.4 is 0 Å². The number of hydrogen-bond acceptors (Lipinski definition) is 1. The highest BCUT2D eigenvalue weighted by Crippen LogP contribution is 2.43. The normalized spacial score (nSPS) is 12.5. The first-order valence-electron chi connectivity index (χ1n) is 6.15. The monoisotopic (exact) mass is 231 g/mol. The molecule has 1 unspecified atom stereocenters. The molecule has 94 valence electrons. The topological polar surface area (TPSA) is 23.9 Å². The van der Waals surface area contributed by atoms with Gasteiger partial charge in [0.05, 0.1) is 0 Å². The summed E-state index contributed by atoms with van der Waals surface area (Å²) in [6.07, 6.45) is 13.9. The van der Waals surface area contributed by atoms with Gasteiger partial charge in [0, 0.05) is 0 Å². The van der Waals surface area contributed by atoms with Crippen LogP contribution in [0.2, 0.25) is 0 Å². The Bertz CT molecular complexity index is 249. The van der Waals surface area contributed by atoms with E-state index in [1.807, 2.05) is 24.3 Å². The highest BCUT2D eigenvalue weighted by Gasteiger charge is 2.33. The summed E-state index contributed by atoms with van der Waals surface area (Å²) in [5.74, 6) is 0.373. The van der Waals surface area contributed by atoms with Gasteiger partial charge in [0.2, 0.25) is 0 Å². The van der Waals surface area contributed by atoms with Gasteiger partial charge < -0.3 is 5.41 Å². The minimum Gasteiger partial charge on any atom is -0.313 e. The second-order valence-corrected chi connectivity index (χ2v) is 4.46. The lowest BCUT2D eigenvalue weighted by molar-refractivity contribution is 0.198. The zero-order valence-electron chi connectivity index (χ0n) is 10.8. The van der Waals surface area contributed by atoms with Crippen molar-refractivity contribution in [2.75, 3.05) is 0 Å². The van der Waals surface area contributed by atoms with Gasteiger partial charge in [-0.15, -0.1) is 26.3 Å². The lowest BCUT2D eigenvalue weighted by Crippen LogP contribution is -2.28. The molecule has 0 radical (unpaired) electrons. The molecule has 0 fully saturated rings. The molecule has 1 nitrogen and oxygen atoms in total. The van der Waals surface area contributed by atoms with E-state index in [1.54, 1.807) is 0 Å². The molecule has 1 atom stereocenters. The van der Waals surface area contributed by atoms with E-state index in [2.05, 4.69) is 26.3 Å². The van der Waals surface area contributed by atoms with E-state index in [0.717, 1.165) is 32.1 Å². The highest BCUT2D eigenvalue weighted by atomic mass is 14.4. The van der Waals surface area contributed by atoms with Gasteiger partial charge >= 0.3 is 0 Å². The SMILES string of the molecule is C=CCC(CC=C)(CC=C)C(C=C)CCC=N. The van der Waals surface area contributed by atoms with Crippen LogP contribution in [0.25, 0.3) is 0 Å². The van der Waals surface area contributed by atoms with Gasteiger partial charge in [0.1, 0.15) is 0 Å². The second-order valence-electron chi connectivity index (χ2n) is 4.46. The Kier molecular flexibility index (Phi) is 8.04. The Balaban J connectivity index is 5.07. The molecule has 0 aliphatic heterocycles. The Labute approximate surface area is 106 Å². The molecular weight excluding hydrogens is 206 g/mol. The Morgan fingerprint density at radius 1 is 0.941 bits per heavy atom. The average Bonchev–Trinajstić information content (AvgIpc) is 2.31. The van der Waals surface area contributed by atoms with Crippen molar-refractivity contribution in [2.45, 2.75) is 32.1 Å². The molecule has 0 aromatic carbocycles. The number of nitrogens with one attached hydrogen (secondary N) is 1. The average molecular weight is 231 g/mol. The van der Waals surface area contributed by atoms with E-state index in [0.29, 0.717) is 5.92 Å². The van der Waals surface area contributed by atoms with E-state index < -0.39 is 0 Å². The molecule has 0 aliphatic rings. The van der Waals surface area contributed by atoms with E-state index in [4.69, 9.17) is 5.41 Å². The first kappa shape index (κ1) is 15.6. The van der Waals surface area contributed by atoms with E-state index >= 15 is 0 Å². The van der Waals surface area contributed by atoms with Crippen LogP contribution in [0.1, 0.15) is 32.1 Å². The summed E-state index contributed by atoms with van der Waals surface area (Å²) in [6.45, 7) is 15.5. The molecule has 0 bridgehead atoms. The zero-order chi connectivity index (χ0) is 13.1.